The van der Waals surface area contributed by atoms with Gasteiger partial charge < -0.3 is 44.8 Å². The Kier molecular flexibility index (Phi) is 16.6. The van der Waals surface area contributed by atoms with E-state index in [0.29, 0.717) is 0 Å². The second kappa shape index (κ2) is 20.3. The maximum Gasteiger partial charge on any atom is 0.459 e. The van der Waals surface area contributed by atoms with Crippen LogP contribution in [0.15, 0.2) is 64.4 Å². The summed E-state index contributed by atoms with van der Waals surface area (Å²) >= 11 is 0. The van der Waals surface area contributed by atoms with E-state index in [1.54, 1.807) is 30.3 Å². The van der Waals surface area contributed by atoms with Gasteiger partial charge in [0.15, 0.2) is 25.0 Å². The molecule has 4 heterocycles. The SMILES string of the molecule is C.C.C[C@H](N[P@@](=O)(OC[C@H]1OC[C@@H](n2ccc(N)nc2=O)O1)Oc1ccccc1)C(=O)OC1CCCCC1.Nc1ccn([C@@H]2CO[C@H](CO)O2)c(=O)n1. The van der Waals surface area contributed by atoms with Crippen molar-refractivity contribution in [3.63, 3.8) is 0 Å². The Bertz CT molecular complexity index is 1760. The minimum absolute atomic E-state index is 0. The minimum atomic E-state index is -4.07. The smallest absolute Gasteiger partial charge is 0.459 e. The number of ether oxygens (including phenoxy) is 5. The zero-order valence-electron chi connectivity index (χ0n) is 27.9. The van der Waals surface area contributed by atoms with Crippen LogP contribution in [0.4, 0.5) is 11.6 Å². The number of benzene rings is 1. The lowest BCUT2D eigenvalue weighted by Gasteiger charge is -2.26. The number of nitrogens with zero attached hydrogens (tertiary/aromatic N) is 4. The van der Waals surface area contributed by atoms with Crippen LogP contribution < -0.4 is 32.5 Å². The van der Waals surface area contributed by atoms with Crippen LogP contribution in [-0.2, 0) is 37.6 Å². The molecule has 3 aromatic rings. The van der Waals surface area contributed by atoms with Gasteiger partial charge in [-0.1, -0.05) is 39.5 Å². The lowest BCUT2D eigenvalue weighted by atomic mass is 9.98. The van der Waals surface area contributed by atoms with Crippen molar-refractivity contribution in [2.75, 3.05) is 37.9 Å². The summed E-state index contributed by atoms with van der Waals surface area (Å²) in [6, 6.07) is 10.4. The van der Waals surface area contributed by atoms with E-state index in [1.807, 2.05) is 0 Å². The normalized spacial score (nSPS) is 22.9. The number of carbonyl (C=O) groups excluding carboxylic acids is 1. The first kappa shape index (κ1) is 43.2. The average molecular weight is 768 g/mol. The molecule has 53 heavy (non-hydrogen) atoms. The van der Waals surface area contributed by atoms with Crippen LogP contribution in [0.5, 0.6) is 5.75 Å². The number of nitrogen functional groups attached to an aromatic ring is 2. The number of aliphatic hydroxyl groups is 1. The molecule has 0 amide bonds. The van der Waals surface area contributed by atoms with E-state index in [9.17, 15) is 18.9 Å². The average Bonchev–Trinajstić information content (AvgIpc) is 3.79. The molecule has 6 N–H and O–H groups in total. The summed E-state index contributed by atoms with van der Waals surface area (Å²) in [5, 5.41) is 11.4. The molecule has 3 fully saturated rings. The summed E-state index contributed by atoms with van der Waals surface area (Å²) in [5.41, 5.74) is 9.78. The number of anilines is 2. The van der Waals surface area contributed by atoms with Crippen molar-refractivity contribution < 1.29 is 47.2 Å². The van der Waals surface area contributed by atoms with Gasteiger partial charge in [0.1, 0.15) is 36.1 Å². The summed E-state index contributed by atoms with van der Waals surface area (Å²) in [6.45, 7) is 1.25. The van der Waals surface area contributed by atoms with Crippen molar-refractivity contribution in [2.45, 2.75) is 91.1 Å². The lowest BCUT2D eigenvalue weighted by molar-refractivity contribution is -0.152. The highest BCUT2D eigenvalue weighted by Crippen LogP contribution is 2.45. The summed E-state index contributed by atoms with van der Waals surface area (Å²) in [4.78, 5) is 43.3. The highest BCUT2D eigenvalue weighted by Gasteiger charge is 2.36. The maximum absolute atomic E-state index is 13.6. The Morgan fingerprint density at radius 1 is 0.925 bits per heavy atom. The maximum atomic E-state index is 13.6. The van der Waals surface area contributed by atoms with Crippen LogP contribution in [-0.4, -0.2) is 81.3 Å². The predicted molar refractivity (Wildman–Crippen MR) is 192 cm³/mol. The number of hydrogen-bond acceptors (Lipinski definition) is 16. The van der Waals surface area contributed by atoms with Crippen molar-refractivity contribution in [3.8, 4) is 5.75 Å². The van der Waals surface area contributed by atoms with E-state index in [2.05, 4.69) is 15.1 Å². The molecule has 6 atom stereocenters. The van der Waals surface area contributed by atoms with E-state index >= 15 is 0 Å². The number of aliphatic hydroxyl groups excluding tert-OH is 1. The van der Waals surface area contributed by atoms with Crippen LogP contribution in [0.1, 0.15) is 66.3 Å². The Labute approximate surface area is 307 Å². The summed E-state index contributed by atoms with van der Waals surface area (Å²) in [5.74, 6) is 0.00277. The largest absolute Gasteiger partial charge is 0.461 e. The molecule has 2 saturated heterocycles. The molecule has 3 aliphatic rings. The number of aromatic nitrogens is 4. The molecular weight excluding hydrogens is 717 g/mol. The third kappa shape index (κ3) is 12.4. The molecule has 0 spiro atoms. The molecule has 0 bridgehead atoms. The Hall–Kier alpha value is -4.20. The van der Waals surface area contributed by atoms with Gasteiger partial charge in [0, 0.05) is 12.4 Å². The van der Waals surface area contributed by atoms with Gasteiger partial charge in [-0.2, -0.15) is 15.1 Å². The Morgan fingerprint density at radius 3 is 2.00 bits per heavy atom. The van der Waals surface area contributed by atoms with E-state index < -0.39 is 56.2 Å². The Balaban J connectivity index is 0.000000373. The molecule has 294 valence electrons. The number of hydrogen-bond donors (Lipinski definition) is 4. The lowest BCUT2D eigenvalue weighted by Crippen LogP contribution is -2.38. The van der Waals surface area contributed by atoms with E-state index in [0.717, 1.165) is 32.1 Å². The predicted octanol–water partition coefficient (Wildman–Crippen LogP) is 2.72. The highest BCUT2D eigenvalue weighted by atomic mass is 31.2. The highest BCUT2D eigenvalue weighted by molar-refractivity contribution is 7.52. The van der Waals surface area contributed by atoms with Crippen LogP contribution in [0.2, 0.25) is 0 Å². The fraction of sp³-hybridized carbons (Fsp3) is 0.545. The fourth-order valence-electron chi connectivity index (χ4n) is 5.26. The van der Waals surface area contributed by atoms with Crippen LogP contribution >= 0.6 is 7.75 Å². The molecule has 1 aliphatic carbocycles. The molecule has 0 unspecified atom stereocenters. The monoisotopic (exact) mass is 767 g/mol. The first-order valence-corrected chi connectivity index (χ1v) is 17.9. The second-order valence-corrected chi connectivity index (χ2v) is 13.4. The zero-order valence-corrected chi connectivity index (χ0v) is 28.7. The van der Waals surface area contributed by atoms with Gasteiger partial charge in [-0.25, -0.2) is 14.2 Å². The summed E-state index contributed by atoms with van der Waals surface area (Å²) < 4.78 is 54.5. The summed E-state index contributed by atoms with van der Waals surface area (Å²) in [7, 11) is -4.07. The molecule has 19 nitrogen and oxygen atoms in total. The number of nitrogens with one attached hydrogen (secondary N) is 1. The van der Waals surface area contributed by atoms with Crippen molar-refractivity contribution in [3.05, 3.63) is 75.8 Å². The van der Waals surface area contributed by atoms with Gasteiger partial charge >= 0.3 is 25.1 Å². The van der Waals surface area contributed by atoms with Crippen LogP contribution in [0.25, 0.3) is 0 Å². The number of para-hydroxylation sites is 1. The molecule has 20 heteroatoms. The molecule has 1 aromatic carbocycles. The fourth-order valence-corrected chi connectivity index (χ4v) is 6.74. The topological polar surface area (TPSA) is 253 Å². The number of nitrogens with two attached hydrogens (primary N) is 2. The number of esters is 1. The quantitative estimate of drug-likeness (QED) is 0.153. The number of carbonyl (C=O) groups is 1. The standard InChI is InChI=1S/C23H31N4O8P.C8H11N3O4.2CH4/c1-16(22(28)33-17-8-4-2-5-9-17)26-36(30,35-18-10-6-3-7-11-18)32-15-21-31-14-20(34-21)27-13-12-19(24)25-23(27)29;9-5-1-2-11(8(13)10-5)6-4-14-7(3-12)15-6;;/h3,6-7,10-13,16-17,20-21H,2,4-5,8-9,14-15H2,1H3,(H,26,30)(H2,24,25,29);1-2,6-7,12H,3-4H2,(H2,9,10,13);2*1H4/t16-,20-,21-,36+;6-,7-;;/m00../s1. The second-order valence-electron chi connectivity index (χ2n) is 11.7. The third-order valence-corrected chi connectivity index (χ3v) is 9.47. The molecule has 2 aromatic heterocycles. The van der Waals surface area contributed by atoms with Gasteiger partial charge in [0.05, 0.1) is 19.8 Å². The van der Waals surface area contributed by atoms with Gasteiger partial charge in [0.2, 0.25) is 0 Å². The van der Waals surface area contributed by atoms with Crippen molar-refractivity contribution >= 4 is 25.4 Å². The molecular formula is C33H50N7O12P. The first-order chi connectivity index (χ1) is 24.5. The van der Waals surface area contributed by atoms with Gasteiger partial charge in [-0.05, 0) is 56.9 Å². The Morgan fingerprint density at radius 2 is 1.47 bits per heavy atom. The van der Waals surface area contributed by atoms with E-state index in [1.165, 1.54) is 40.6 Å². The third-order valence-electron chi connectivity index (χ3n) is 7.83. The first-order valence-electron chi connectivity index (χ1n) is 16.3. The van der Waals surface area contributed by atoms with Crippen molar-refractivity contribution in [2.24, 2.45) is 0 Å². The van der Waals surface area contributed by atoms with Gasteiger partial charge in [-0.3, -0.25) is 18.5 Å². The van der Waals surface area contributed by atoms with Gasteiger partial charge in [-0.15, -0.1) is 0 Å². The molecule has 6 rings (SSSR count). The van der Waals surface area contributed by atoms with Crippen molar-refractivity contribution in [1.29, 1.82) is 0 Å². The zero-order chi connectivity index (χ0) is 36.4. The van der Waals surface area contributed by atoms with Gasteiger partial charge in [0.25, 0.3) is 0 Å². The minimum Gasteiger partial charge on any atom is -0.461 e. The number of rotatable bonds is 12. The summed E-state index contributed by atoms with van der Waals surface area (Å²) in [6.07, 6.45) is 4.64. The van der Waals surface area contributed by atoms with Crippen molar-refractivity contribution in [1.82, 2.24) is 24.2 Å². The van der Waals surface area contributed by atoms with E-state index in [-0.39, 0.29) is 64.8 Å². The van der Waals surface area contributed by atoms with Crippen LogP contribution in [0.3, 0.4) is 0 Å². The molecule has 2 aliphatic heterocycles. The van der Waals surface area contributed by atoms with Crippen LogP contribution in [0, 0.1) is 0 Å². The molecule has 1 saturated carbocycles. The molecule has 0 radical (unpaired) electrons. The van der Waals surface area contributed by atoms with E-state index in [4.69, 9.17) is 49.3 Å².